The fourth-order valence-electron chi connectivity index (χ4n) is 3.44. The molecule has 1 aliphatic heterocycles. The molecule has 1 aliphatic rings. The van der Waals surface area contributed by atoms with Gasteiger partial charge >= 0.3 is 0 Å². The number of nitrogens with zero attached hydrogens (tertiary/aromatic N) is 2. The topological polar surface area (TPSA) is 74.8 Å². The molecule has 152 valence electrons. The second kappa shape index (κ2) is 8.23. The van der Waals surface area contributed by atoms with Crippen LogP contribution in [0.2, 0.25) is 0 Å². The lowest BCUT2D eigenvalue weighted by molar-refractivity contribution is 0.464. The molecule has 0 N–H and O–H groups in total. The van der Waals surface area contributed by atoms with Gasteiger partial charge < -0.3 is 4.90 Å². The van der Waals surface area contributed by atoms with Crippen LogP contribution in [0, 0.1) is 0 Å². The molecule has 1 saturated heterocycles. The van der Waals surface area contributed by atoms with E-state index in [0.717, 1.165) is 30.6 Å². The van der Waals surface area contributed by atoms with Gasteiger partial charge in [-0.05, 0) is 49.1 Å². The average Bonchev–Trinajstić information content (AvgIpc) is 2.68. The first-order valence-corrected chi connectivity index (χ1v) is 12.6. The lowest BCUT2D eigenvalue weighted by atomic mass is 10.1. The minimum Gasteiger partial charge on any atom is -0.372 e. The zero-order chi connectivity index (χ0) is 20.4. The van der Waals surface area contributed by atoms with Crippen LogP contribution in [-0.4, -0.2) is 47.5 Å². The molecule has 0 radical (unpaired) electrons. The molecular weight excluding hydrogens is 396 g/mol. The van der Waals surface area contributed by atoms with E-state index in [9.17, 15) is 16.8 Å². The third-order valence-electron chi connectivity index (χ3n) is 5.00. The molecule has 2 aromatic carbocycles. The maximum absolute atomic E-state index is 13.0. The molecule has 6 nitrogen and oxygen atoms in total. The fraction of sp³-hybridized carbons (Fsp3) is 0.400. The molecule has 0 bridgehead atoms. The van der Waals surface area contributed by atoms with Crippen molar-refractivity contribution in [2.75, 3.05) is 31.3 Å². The van der Waals surface area contributed by atoms with E-state index in [4.69, 9.17) is 0 Å². The van der Waals surface area contributed by atoms with Gasteiger partial charge in [-0.15, -0.1) is 0 Å². The van der Waals surface area contributed by atoms with Gasteiger partial charge in [0.15, 0.2) is 9.84 Å². The Morgan fingerprint density at radius 2 is 1.43 bits per heavy atom. The number of anilines is 1. The normalized spacial score (nSPS) is 15.8. The second-order valence-electron chi connectivity index (χ2n) is 7.19. The summed E-state index contributed by atoms with van der Waals surface area (Å²) in [6.45, 7) is 2.27. The lowest BCUT2D eigenvalue weighted by Crippen LogP contribution is -2.29. The van der Waals surface area contributed by atoms with Gasteiger partial charge in [-0.3, -0.25) is 0 Å². The predicted octanol–water partition coefficient (Wildman–Crippen LogP) is 2.90. The molecule has 1 heterocycles. The Bertz CT molecular complexity index is 1030. The van der Waals surface area contributed by atoms with E-state index in [2.05, 4.69) is 4.90 Å². The van der Waals surface area contributed by atoms with E-state index in [0.29, 0.717) is 0 Å². The number of sulfone groups is 1. The molecule has 0 unspecified atom stereocenters. The Hall–Kier alpha value is -1.90. The number of hydrogen-bond acceptors (Lipinski definition) is 5. The lowest BCUT2D eigenvalue weighted by Gasteiger charge is -2.29. The van der Waals surface area contributed by atoms with Crippen LogP contribution in [0.3, 0.4) is 0 Å². The van der Waals surface area contributed by atoms with Gasteiger partial charge in [0, 0.05) is 38.6 Å². The molecule has 1 fully saturated rings. The van der Waals surface area contributed by atoms with Gasteiger partial charge in [0.1, 0.15) is 4.90 Å². The van der Waals surface area contributed by atoms with Crippen molar-refractivity contribution in [1.29, 1.82) is 0 Å². The molecule has 2 aromatic rings. The fourth-order valence-corrected chi connectivity index (χ4v) is 6.20. The SMILES string of the molecule is CN(Cc1ccc(N2CCCCC2)cc1)S(=O)(=O)c1ccccc1S(C)(=O)=O. The molecule has 28 heavy (non-hydrogen) atoms. The first-order valence-electron chi connectivity index (χ1n) is 9.29. The van der Waals surface area contributed by atoms with Crippen LogP contribution >= 0.6 is 0 Å². The highest BCUT2D eigenvalue weighted by molar-refractivity contribution is 7.93. The van der Waals surface area contributed by atoms with E-state index >= 15 is 0 Å². The highest BCUT2D eigenvalue weighted by Gasteiger charge is 2.27. The maximum Gasteiger partial charge on any atom is 0.244 e. The summed E-state index contributed by atoms with van der Waals surface area (Å²) in [5.74, 6) is 0. The number of piperidine rings is 1. The summed E-state index contributed by atoms with van der Waals surface area (Å²) in [7, 11) is -6.13. The quantitative estimate of drug-likeness (QED) is 0.716. The Morgan fingerprint density at radius 1 is 0.857 bits per heavy atom. The predicted molar refractivity (Wildman–Crippen MR) is 111 cm³/mol. The van der Waals surface area contributed by atoms with Crippen molar-refractivity contribution in [3.8, 4) is 0 Å². The monoisotopic (exact) mass is 422 g/mol. The Labute approximate surface area is 167 Å². The molecule has 0 amide bonds. The minimum atomic E-state index is -3.94. The molecule has 0 atom stereocenters. The highest BCUT2D eigenvalue weighted by atomic mass is 32.2. The molecule has 0 saturated carbocycles. The van der Waals surface area contributed by atoms with Gasteiger partial charge in [-0.1, -0.05) is 24.3 Å². The standard InChI is InChI=1S/C20H26N2O4S2/c1-21(28(25,26)20-9-5-4-8-19(20)27(2,23)24)16-17-10-12-18(13-11-17)22-14-6-3-7-15-22/h4-5,8-13H,3,6-7,14-16H2,1-2H3. The van der Waals surface area contributed by atoms with Crippen molar-refractivity contribution in [2.24, 2.45) is 0 Å². The Kier molecular flexibility index (Phi) is 6.12. The van der Waals surface area contributed by atoms with E-state index in [1.54, 1.807) is 0 Å². The Morgan fingerprint density at radius 3 is 2.00 bits per heavy atom. The van der Waals surface area contributed by atoms with Gasteiger partial charge in [-0.2, -0.15) is 4.31 Å². The molecule has 8 heteroatoms. The van der Waals surface area contributed by atoms with Crippen molar-refractivity contribution >= 4 is 25.5 Å². The summed E-state index contributed by atoms with van der Waals surface area (Å²) in [6.07, 6.45) is 4.68. The molecule has 0 aliphatic carbocycles. The molecule has 0 spiro atoms. The van der Waals surface area contributed by atoms with Crippen LogP contribution < -0.4 is 4.90 Å². The van der Waals surface area contributed by atoms with E-state index in [1.165, 1.54) is 54.9 Å². The van der Waals surface area contributed by atoms with Crippen molar-refractivity contribution in [3.05, 3.63) is 54.1 Å². The first-order chi connectivity index (χ1) is 13.2. The van der Waals surface area contributed by atoms with E-state index < -0.39 is 19.9 Å². The first kappa shape index (κ1) is 20.8. The highest BCUT2D eigenvalue weighted by Crippen LogP contribution is 2.25. The van der Waals surface area contributed by atoms with Crippen LogP contribution in [0.25, 0.3) is 0 Å². The van der Waals surface area contributed by atoms with Gasteiger partial charge in [0.05, 0.1) is 4.90 Å². The summed E-state index contributed by atoms with van der Waals surface area (Å²) in [6, 6.07) is 13.6. The van der Waals surface area contributed by atoms with Crippen LogP contribution in [0.5, 0.6) is 0 Å². The second-order valence-corrected chi connectivity index (χ2v) is 11.2. The number of rotatable bonds is 6. The van der Waals surface area contributed by atoms with Crippen LogP contribution in [0.15, 0.2) is 58.3 Å². The van der Waals surface area contributed by atoms with Crippen molar-refractivity contribution in [3.63, 3.8) is 0 Å². The minimum absolute atomic E-state index is 0.167. The van der Waals surface area contributed by atoms with E-state index in [-0.39, 0.29) is 16.3 Å². The average molecular weight is 423 g/mol. The van der Waals surface area contributed by atoms with Crippen LogP contribution in [-0.2, 0) is 26.4 Å². The molecule has 3 rings (SSSR count). The number of sulfonamides is 1. The maximum atomic E-state index is 13.0. The zero-order valence-corrected chi connectivity index (χ0v) is 17.8. The summed E-state index contributed by atoms with van der Waals surface area (Å²) >= 11 is 0. The van der Waals surface area contributed by atoms with Crippen LogP contribution in [0.1, 0.15) is 24.8 Å². The third-order valence-corrected chi connectivity index (χ3v) is 8.15. The van der Waals surface area contributed by atoms with Crippen molar-refractivity contribution < 1.29 is 16.8 Å². The molecule has 0 aromatic heterocycles. The third kappa shape index (κ3) is 4.56. The largest absolute Gasteiger partial charge is 0.372 e. The number of hydrogen-bond donors (Lipinski definition) is 0. The van der Waals surface area contributed by atoms with Crippen LogP contribution in [0.4, 0.5) is 5.69 Å². The van der Waals surface area contributed by atoms with Gasteiger partial charge in [0.25, 0.3) is 0 Å². The van der Waals surface area contributed by atoms with Gasteiger partial charge in [-0.25, -0.2) is 16.8 Å². The molecular formula is C20H26N2O4S2. The summed E-state index contributed by atoms with van der Waals surface area (Å²) < 4.78 is 51.1. The summed E-state index contributed by atoms with van der Waals surface area (Å²) in [5, 5.41) is 0. The summed E-state index contributed by atoms with van der Waals surface area (Å²) in [5.41, 5.74) is 2.00. The zero-order valence-electron chi connectivity index (χ0n) is 16.2. The van der Waals surface area contributed by atoms with Crippen molar-refractivity contribution in [2.45, 2.75) is 35.6 Å². The van der Waals surface area contributed by atoms with Gasteiger partial charge in [0.2, 0.25) is 10.0 Å². The van der Waals surface area contributed by atoms with Crippen molar-refractivity contribution in [1.82, 2.24) is 4.31 Å². The number of benzene rings is 2. The van der Waals surface area contributed by atoms with E-state index in [1.807, 2.05) is 24.3 Å². The smallest absolute Gasteiger partial charge is 0.244 e. The Balaban J connectivity index is 1.80. The summed E-state index contributed by atoms with van der Waals surface area (Å²) in [4.78, 5) is 1.98.